The molecule has 0 spiro atoms. The number of hydrogen-bond acceptors (Lipinski definition) is 4. The Hall–Kier alpha value is -3.19. The van der Waals surface area contributed by atoms with Crippen LogP contribution < -0.4 is 0 Å². The van der Waals surface area contributed by atoms with Crippen molar-refractivity contribution in [2.24, 2.45) is 0 Å². The van der Waals surface area contributed by atoms with Crippen LogP contribution in [0.1, 0.15) is 27.3 Å². The van der Waals surface area contributed by atoms with Gasteiger partial charge >= 0.3 is 0 Å². The molecule has 2 heterocycles. The van der Waals surface area contributed by atoms with E-state index in [4.69, 9.17) is 0 Å². The van der Waals surface area contributed by atoms with Gasteiger partial charge in [0.15, 0.2) is 5.78 Å². The summed E-state index contributed by atoms with van der Waals surface area (Å²) in [6.07, 6.45) is 1.99. The molecule has 0 unspecified atom stereocenters. The summed E-state index contributed by atoms with van der Waals surface area (Å²) < 4.78 is 28.2. The van der Waals surface area contributed by atoms with Gasteiger partial charge in [-0.25, -0.2) is 13.4 Å². The van der Waals surface area contributed by atoms with Crippen molar-refractivity contribution in [3.63, 3.8) is 0 Å². The molecule has 0 aliphatic rings. The van der Waals surface area contributed by atoms with Crippen LogP contribution in [-0.2, 0) is 29.3 Å². The van der Waals surface area contributed by atoms with Gasteiger partial charge in [-0.2, -0.15) is 0 Å². The number of sulfone groups is 1. The molecule has 0 amide bonds. The standard InChI is InChI=1S/C24H25N3O3S/c1-17-15-20(18(2)26(17)14-13-19-9-5-4-6-10-19)23(28)16-27-22-12-8-7-11-21(22)25-24(27)31(3,29)30/h4-12,15H,13-14,16H2,1-3H3. The molecule has 2 aromatic carbocycles. The van der Waals surface area contributed by atoms with Crippen molar-refractivity contribution in [3.8, 4) is 0 Å². The maximum Gasteiger partial charge on any atom is 0.228 e. The van der Waals surface area contributed by atoms with E-state index in [1.807, 2.05) is 44.2 Å². The normalized spacial score (nSPS) is 11.8. The minimum atomic E-state index is -3.58. The van der Waals surface area contributed by atoms with Gasteiger partial charge in [-0.05, 0) is 44.0 Å². The Bertz CT molecular complexity index is 1370. The van der Waals surface area contributed by atoms with Crippen LogP contribution in [0, 0.1) is 13.8 Å². The van der Waals surface area contributed by atoms with E-state index in [0.717, 1.165) is 30.6 Å². The highest BCUT2D eigenvalue weighted by Gasteiger charge is 2.23. The third-order valence-corrected chi connectivity index (χ3v) is 6.57. The number of ketones is 1. The molecule has 0 aliphatic carbocycles. The molecule has 7 heteroatoms. The first-order valence-corrected chi connectivity index (χ1v) is 12.0. The third-order valence-electron chi connectivity index (χ3n) is 5.59. The van der Waals surface area contributed by atoms with Crippen LogP contribution in [0.15, 0.2) is 65.8 Å². The van der Waals surface area contributed by atoms with E-state index in [9.17, 15) is 13.2 Å². The summed E-state index contributed by atoms with van der Waals surface area (Å²) in [5.74, 6) is -0.132. The van der Waals surface area contributed by atoms with Gasteiger partial charge in [-0.3, -0.25) is 4.79 Å². The Kier molecular flexibility index (Phi) is 5.54. The number of aryl methyl sites for hydroxylation is 2. The lowest BCUT2D eigenvalue weighted by Crippen LogP contribution is -2.16. The average Bonchev–Trinajstić information content (AvgIpc) is 3.25. The summed E-state index contributed by atoms with van der Waals surface area (Å²) in [5, 5.41) is -0.0834. The molecule has 160 valence electrons. The topological polar surface area (TPSA) is 74.0 Å². The van der Waals surface area contributed by atoms with Crippen LogP contribution >= 0.6 is 0 Å². The molecule has 4 aromatic rings. The highest BCUT2D eigenvalue weighted by molar-refractivity contribution is 7.90. The van der Waals surface area contributed by atoms with Crippen LogP contribution in [0.5, 0.6) is 0 Å². The third kappa shape index (κ3) is 4.18. The maximum absolute atomic E-state index is 13.2. The van der Waals surface area contributed by atoms with Crippen LogP contribution in [0.3, 0.4) is 0 Å². The van der Waals surface area contributed by atoms with Gasteiger partial charge in [0.05, 0.1) is 17.6 Å². The predicted molar refractivity (Wildman–Crippen MR) is 121 cm³/mol. The zero-order valence-corrected chi connectivity index (χ0v) is 18.7. The fourth-order valence-corrected chi connectivity index (χ4v) is 4.86. The van der Waals surface area contributed by atoms with Crippen molar-refractivity contribution < 1.29 is 13.2 Å². The smallest absolute Gasteiger partial charge is 0.228 e. The van der Waals surface area contributed by atoms with E-state index in [2.05, 4.69) is 21.7 Å². The van der Waals surface area contributed by atoms with E-state index in [0.29, 0.717) is 16.6 Å². The van der Waals surface area contributed by atoms with E-state index >= 15 is 0 Å². The van der Waals surface area contributed by atoms with Gasteiger partial charge in [0.25, 0.3) is 0 Å². The quantitative estimate of drug-likeness (QED) is 0.412. The largest absolute Gasteiger partial charge is 0.348 e. The summed E-state index contributed by atoms with van der Waals surface area (Å²) in [6.45, 7) is 4.63. The number of carbonyl (C=O) groups excluding carboxylic acids is 1. The molecule has 2 aromatic heterocycles. The minimum absolute atomic E-state index is 0.0775. The Morgan fingerprint density at radius 3 is 2.35 bits per heavy atom. The van der Waals surface area contributed by atoms with Crippen molar-refractivity contribution >= 4 is 26.7 Å². The summed E-state index contributed by atoms with van der Waals surface area (Å²) >= 11 is 0. The van der Waals surface area contributed by atoms with Gasteiger partial charge in [0.2, 0.25) is 15.0 Å². The molecule has 4 rings (SSSR count). The lowest BCUT2D eigenvalue weighted by Gasteiger charge is -2.11. The number of rotatable bonds is 7. The van der Waals surface area contributed by atoms with Gasteiger partial charge < -0.3 is 9.13 Å². The molecule has 6 nitrogen and oxygen atoms in total. The number of imidazole rings is 1. The highest BCUT2D eigenvalue weighted by Crippen LogP contribution is 2.22. The van der Waals surface area contributed by atoms with Gasteiger partial charge in [-0.15, -0.1) is 0 Å². The zero-order chi connectivity index (χ0) is 22.2. The Morgan fingerprint density at radius 2 is 1.65 bits per heavy atom. The molecule has 0 N–H and O–H groups in total. The van der Waals surface area contributed by atoms with Gasteiger partial charge in [0.1, 0.15) is 0 Å². The lowest BCUT2D eigenvalue weighted by atomic mass is 10.1. The Balaban J connectivity index is 1.64. The number of carbonyl (C=O) groups is 1. The molecule has 0 atom stereocenters. The van der Waals surface area contributed by atoms with E-state index < -0.39 is 9.84 Å². The number of benzene rings is 2. The Labute approximate surface area is 182 Å². The summed E-state index contributed by atoms with van der Waals surface area (Å²) in [5.41, 5.74) is 4.95. The molecular weight excluding hydrogens is 410 g/mol. The summed E-state index contributed by atoms with van der Waals surface area (Å²) in [4.78, 5) is 17.5. The SMILES string of the molecule is Cc1cc(C(=O)Cn2c(S(C)(=O)=O)nc3ccccc32)c(C)n1CCc1ccccc1. The van der Waals surface area contributed by atoms with Crippen LogP contribution in [-0.4, -0.2) is 34.6 Å². The first-order chi connectivity index (χ1) is 14.8. The number of Topliss-reactive ketones (excluding diaryl/α,β-unsaturated/α-hetero) is 1. The first-order valence-electron chi connectivity index (χ1n) is 10.1. The van der Waals surface area contributed by atoms with Crippen LogP contribution in [0.25, 0.3) is 11.0 Å². The molecule has 0 aliphatic heterocycles. The predicted octanol–water partition coefficient (Wildman–Crippen LogP) is 3.98. The molecule has 0 bridgehead atoms. The number of para-hydroxylation sites is 2. The number of hydrogen-bond donors (Lipinski definition) is 0. The number of aromatic nitrogens is 3. The van der Waals surface area contributed by atoms with Crippen molar-refractivity contribution in [3.05, 3.63) is 83.2 Å². The van der Waals surface area contributed by atoms with Crippen molar-refractivity contribution in [2.45, 2.75) is 38.5 Å². The molecule has 0 saturated carbocycles. The monoisotopic (exact) mass is 435 g/mol. The molecular formula is C24H25N3O3S. The number of nitrogens with zero attached hydrogens (tertiary/aromatic N) is 3. The fourth-order valence-electron chi connectivity index (χ4n) is 4.03. The van der Waals surface area contributed by atoms with Gasteiger partial charge in [-0.1, -0.05) is 42.5 Å². The Morgan fingerprint density at radius 1 is 0.968 bits per heavy atom. The fraction of sp³-hybridized carbons (Fsp3) is 0.250. The van der Waals surface area contributed by atoms with Crippen molar-refractivity contribution in [1.82, 2.24) is 14.1 Å². The average molecular weight is 436 g/mol. The number of fused-ring (bicyclic) bond motifs is 1. The highest BCUT2D eigenvalue weighted by atomic mass is 32.2. The first kappa shape index (κ1) is 21.1. The second-order valence-corrected chi connectivity index (χ2v) is 9.75. The second kappa shape index (κ2) is 8.15. The van der Waals surface area contributed by atoms with E-state index in [-0.39, 0.29) is 17.5 Å². The van der Waals surface area contributed by atoms with Crippen LogP contribution in [0.4, 0.5) is 0 Å². The summed E-state index contributed by atoms with van der Waals surface area (Å²) in [7, 11) is -3.58. The molecule has 31 heavy (non-hydrogen) atoms. The summed E-state index contributed by atoms with van der Waals surface area (Å²) in [6, 6.07) is 19.3. The van der Waals surface area contributed by atoms with Crippen molar-refractivity contribution in [1.29, 1.82) is 0 Å². The van der Waals surface area contributed by atoms with Crippen LogP contribution in [0.2, 0.25) is 0 Å². The second-order valence-electron chi connectivity index (χ2n) is 7.84. The maximum atomic E-state index is 13.2. The van der Waals surface area contributed by atoms with Gasteiger partial charge in [0, 0.05) is 29.8 Å². The van der Waals surface area contributed by atoms with Crippen molar-refractivity contribution in [2.75, 3.05) is 6.26 Å². The van der Waals surface area contributed by atoms with E-state index in [1.54, 1.807) is 18.2 Å². The van der Waals surface area contributed by atoms with E-state index in [1.165, 1.54) is 10.1 Å². The molecule has 0 saturated heterocycles. The molecule has 0 fully saturated rings. The minimum Gasteiger partial charge on any atom is -0.348 e. The molecule has 0 radical (unpaired) electrons. The zero-order valence-electron chi connectivity index (χ0n) is 17.9. The lowest BCUT2D eigenvalue weighted by molar-refractivity contribution is 0.0969.